The number of amides is 2. The molecule has 2 aromatic heterocycles. The molecule has 0 fully saturated rings. The zero-order valence-corrected chi connectivity index (χ0v) is 24.8. The monoisotopic (exact) mass is 570 g/mol. The van der Waals surface area contributed by atoms with E-state index in [1.54, 1.807) is 48.3 Å². The van der Waals surface area contributed by atoms with Gasteiger partial charge in [0.05, 0.1) is 16.6 Å². The molecule has 38 heavy (non-hydrogen) atoms. The second-order valence-electron chi connectivity index (χ2n) is 10.1. The molecule has 0 radical (unpaired) electrons. The van der Waals surface area contributed by atoms with E-state index in [0.29, 0.717) is 40.4 Å². The number of carbonyl (C=O) groups excluding carboxylic acids is 2. The van der Waals surface area contributed by atoms with E-state index in [1.807, 2.05) is 0 Å². The van der Waals surface area contributed by atoms with Crippen molar-refractivity contribution in [3.8, 4) is 0 Å². The minimum atomic E-state index is -1.90. The van der Waals surface area contributed by atoms with E-state index in [9.17, 15) is 9.59 Å². The van der Waals surface area contributed by atoms with Crippen molar-refractivity contribution >= 4 is 60.3 Å². The maximum atomic E-state index is 13.0. The smallest absolute Gasteiger partial charge is 0.277 e. The standard InChI is InChI=1S/C26H31ClN6O3SSi/c1-17-30-22(24(34)32-21-13-8-18(27)16-29-21)23(37-17)25(35)31-19-9-11-20(12-10-19)33(28-5)14-15-36-38(6,7)26(2,3)4/h8-13,16H,14-15H2,1-4,6-7H3,(H,31,35)(H,29,32,34). The molecule has 200 valence electrons. The molecule has 9 nitrogen and oxygen atoms in total. The minimum absolute atomic E-state index is 0.0132. The molecule has 2 amide bonds. The molecule has 0 bridgehead atoms. The zero-order chi connectivity index (χ0) is 28.1. The number of hydrogen-bond acceptors (Lipinski definition) is 7. The Morgan fingerprint density at radius 1 is 1.13 bits per heavy atom. The van der Waals surface area contributed by atoms with Crippen molar-refractivity contribution < 1.29 is 14.0 Å². The lowest BCUT2D eigenvalue weighted by atomic mass is 10.2. The van der Waals surface area contributed by atoms with Gasteiger partial charge in [0.25, 0.3) is 11.8 Å². The minimum Gasteiger partial charge on any atom is -0.415 e. The molecule has 0 saturated carbocycles. The lowest BCUT2D eigenvalue weighted by Gasteiger charge is -2.36. The first-order valence-corrected chi connectivity index (χ1v) is 16.0. The molecule has 0 aliphatic rings. The fraction of sp³-hybridized carbons (Fsp3) is 0.346. The first kappa shape index (κ1) is 29.3. The summed E-state index contributed by atoms with van der Waals surface area (Å²) in [6.07, 6.45) is 1.41. The topological polar surface area (TPSA) is 101 Å². The molecule has 2 N–H and O–H groups in total. The summed E-state index contributed by atoms with van der Waals surface area (Å²) in [6, 6.07) is 10.1. The van der Waals surface area contributed by atoms with E-state index in [-0.39, 0.29) is 15.6 Å². The van der Waals surface area contributed by atoms with Gasteiger partial charge >= 0.3 is 0 Å². The molecular formula is C26H31ClN6O3SSi. The highest BCUT2D eigenvalue weighted by molar-refractivity contribution is 7.14. The number of anilines is 3. The van der Waals surface area contributed by atoms with Crippen LogP contribution in [0.1, 0.15) is 45.9 Å². The van der Waals surface area contributed by atoms with Crippen molar-refractivity contribution in [3.05, 3.63) is 74.7 Å². The van der Waals surface area contributed by atoms with Crippen molar-refractivity contribution in [2.75, 3.05) is 28.8 Å². The van der Waals surface area contributed by atoms with Crippen molar-refractivity contribution in [1.82, 2.24) is 9.97 Å². The molecule has 2 heterocycles. The number of aromatic nitrogens is 2. The first-order valence-electron chi connectivity index (χ1n) is 11.9. The largest absolute Gasteiger partial charge is 0.415 e. The number of hydrogen-bond donors (Lipinski definition) is 2. The average Bonchev–Trinajstić information content (AvgIpc) is 3.25. The van der Waals surface area contributed by atoms with Gasteiger partial charge < -0.3 is 15.1 Å². The van der Waals surface area contributed by atoms with Gasteiger partial charge in [-0.05, 0) is 61.5 Å². The van der Waals surface area contributed by atoms with Crippen LogP contribution >= 0.6 is 22.9 Å². The Morgan fingerprint density at radius 2 is 1.82 bits per heavy atom. The summed E-state index contributed by atoms with van der Waals surface area (Å²) in [5, 5.41) is 8.09. The molecular weight excluding hydrogens is 540 g/mol. The number of rotatable bonds is 9. The van der Waals surface area contributed by atoms with E-state index in [4.69, 9.17) is 22.6 Å². The van der Waals surface area contributed by atoms with Crippen LogP contribution in [0, 0.1) is 13.5 Å². The number of pyridine rings is 1. The van der Waals surface area contributed by atoms with Crippen LogP contribution in [0.5, 0.6) is 0 Å². The van der Waals surface area contributed by atoms with E-state index in [0.717, 1.165) is 11.3 Å². The number of thiazole rings is 1. The van der Waals surface area contributed by atoms with Gasteiger partial charge in [0.2, 0.25) is 0 Å². The fourth-order valence-corrected chi connectivity index (χ4v) is 5.06. The van der Waals surface area contributed by atoms with Crippen LogP contribution in [0.2, 0.25) is 23.2 Å². The average molecular weight is 571 g/mol. The second-order valence-corrected chi connectivity index (χ2v) is 16.5. The molecule has 0 saturated heterocycles. The van der Waals surface area contributed by atoms with Gasteiger partial charge in [-0.1, -0.05) is 37.4 Å². The molecule has 12 heteroatoms. The van der Waals surface area contributed by atoms with Crippen LogP contribution in [0.4, 0.5) is 17.2 Å². The van der Waals surface area contributed by atoms with Crippen LogP contribution < -0.4 is 15.6 Å². The van der Waals surface area contributed by atoms with E-state index >= 15 is 0 Å². The fourth-order valence-electron chi connectivity index (χ4n) is 3.11. The van der Waals surface area contributed by atoms with E-state index < -0.39 is 20.1 Å². The third-order valence-corrected chi connectivity index (χ3v) is 12.0. The van der Waals surface area contributed by atoms with Gasteiger partial charge in [-0.25, -0.2) is 9.97 Å². The quantitative estimate of drug-likeness (QED) is 0.169. The molecule has 3 rings (SSSR count). The van der Waals surface area contributed by atoms with E-state index in [1.165, 1.54) is 6.20 Å². The normalized spacial score (nSPS) is 11.5. The maximum Gasteiger partial charge on any atom is 0.277 e. The molecule has 0 spiro atoms. The number of carbonyl (C=O) groups is 2. The lowest BCUT2D eigenvalue weighted by molar-refractivity contribution is 0.0990. The van der Waals surface area contributed by atoms with Gasteiger partial charge in [0, 0.05) is 11.9 Å². The third-order valence-electron chi connectivity index (χ3n) is 6.24. The van der Waals surface area contributed by atoms with Crippen LogP contribution in [0.3, 0.4) is 0 Å². The molecule has 0 aliphatic carbocycles. The Kier molecular flexibility index (Phi) is 9.27. The molecule has 0 atom stereocenters. The zero-order valence-electron chi connectivity index (χ0n) is 22.3. The van der Waals surface area contributed by atoms with Gasteiger partial charge in [0.15, 0.2) is 14.0 Å². The maximum absolute atomic E-state index is 13.0. The predicted molar refractivity (Wildman–Crippen MR) is 156 cm³/mol. The van der Waals surface area contributed by atoms with Gasteiger partial charge in [-0.15, -0.1) is 11.3 Å². The molecule has 0 unspecified atom stereocenters. The third kappa shape index (κ3) is 7.38. The lowest BCUT2D eigenvalue weighted by Crippen LogP contribution is -2.42. The summed E-state index contributed by atoms with van der Waals surface area (Å²) in [7, 11) is -1.90. The highest BCUT2D eigenvalue weighted by atomic mass is 35.5. The molecule has 3 aromatic rings. The number of aryl methyl sites for hydroxylation is 1. The van der Waals surface area contributed by atoms with Crippen LogP contribution in [0.25, 0.3) is 4.95 Å². The number of nitrogens with one attached hydrogen (secondary N) is 2. The number of benzene rings is 1. The van der Waals surface area contributed by atoms with Crippen LogP contribution in [0.15, 0.2) is 42.6 Å². The first-order chi connectivity index (χ1) is 17.8. The van der Waals surface area contributed by atoms with Crippen molar-refractivity contribution in [1.29, 1.82) is 0 Å². The van der Waals surface area contributed by atoms with Crippen molar-refractivity contribution in [3.63, 3.8) is 0 Å². The SMILES string of the molecule is [C-]#[N+]N(CCO[Si](C)(C)C(C)(C)C)c1ccc(NC(=O)c2sc(C)nc2C(=O)Nc2ccc(Cl)cn2)cc1. The second kappa shape index (κ2) is 12.0. The Balaban J connectivity index is 1.65. The summed E-state index contributed by atoms with van der Waals surface area (Å²) in [6.45, 7) is 21.1. The Bertz CT molecular complexity index is 1330. The van der Waals surface area contributed by atoms with E-state index in [2.05, 4.69) is 59.4 Å². The Hall–Kier alpha value is -3.30. The highest BCUT2D eigenvalue weighted by Crippen LogP contribution is 2.36. The highest BCUT2D eigenvalue weighted by Gasteiger charge is 2.37. The van der Waals surface area contributed by atoms with Gasteiger partial charge in [0.1, 0.15) is 22.9 Å². The summed E-state index contributed by atoms with van der Waals surface area (Å²) < 4.78 is 6.20. The number of halogens is 1. The van der Waals surface area contributed by atoms with Gasteiger partial charge in [-0.2, -0.15) is 11.5 Å². The van der Waals surface area contributed by atoms with Crippen LogP contribution in [-0.4, -0.2) is 43.3 Å². The van der Waals surface area contributed by atoms with Crippen molar-refractivity contribution in [2.24, 2.45) is 0 Å². The Labute approximate surface area is 233 Å². The summed E-state index contributed by atoms with van der Waals surface area (Å²) >= 11 is 6.96. The van der Waals surface area contributed by atoms with Crippen LogP contribution in [-0.2, 0) is 4.43 Å². The van der Waals surface area contributed by atoms with Crippen molar-refractivity contribution in [2.45, 2.75) is 45.8 Å². The van der Waals surface area contributed by atoms with Gasteiger partial charge in [-0.3, -0.25) is 9.59 Å². The molecule has 1 aromatic carbocycles. The number of nitrogens with zero attached hydrogens (tertiary/aromatic N) is 4. The predicted octanol–water partition coefficient (Wildman–Crippen LogP) is 6.67. The summed E-state index contributed by atoms with van der Waals surface area (Å²) in [5.41, 5.74) is 1.23. The molecule has 0 aliphatic heterocycles. The summed E-state index contributed by atoms with van der Waals surface area (Å²) in [5.74, 6) is -0.703. The summed E-state index contributed by atoms with van der Waals surface area (Å²) in [4.78, 5) is 37.9. The Morgan fingerprint density at radius 3 is 2.39 bits per heavy atom.